The number of rotatable bonds is 8. The van der Waals surface area contributed by atoms with E-state index in [9.17, 15) is 24.8 Å². The molecule has 0 spiro atoms. The molecule has 1 aliphatic heterocycles. The fraction of sp³-hybridized carbons (Fsp3) is 0.269. The molecule has 0 amide bonds. The number of carbonyl (C=O) groups is 1. The van der Waals surface area contributed by atoms with Crippen molar-refractivity contribution in [2.75, 3.05) is 20.3 Å². The molecule has 1 atom stereocenters. The lowest BCUT2D eigenvalue weighted by atomic mass is 9.96. The van der Waals surface area contributed by atoms with Crippen LogP contribution in [0, 0.1) is 10.1 Å². The van der Waals surface area contributed by atoms with Crippen LogP contribution in [0.2, 0.25) is 0 Å². The molecule has 11 nitrogen and oxygen atoms in total. The maximum Gasteiger partial charge on any atom is 0.338 e. The maximum atomic E-state index is 13.7. The number of nitro benzene ring substituents is 1. The molecule has 38 heavy (non-hydrogen) atoms. The van der Waals surface area contributed by atoms with Gasteiger partial charge < -0.3 is 19.3 Å². The number of nitro groups is 1. The molecule has 2 aromatic carbocycles. The Labute approximate surface area is 220 Å². The molecular weight excluding hydrogens is 514 g/mol. The van der Waals surface area contributed by atoms with Crippen molar-refractivity contribution >= 4 is 29.1 Å². The van der Waals surface area contributed by atoms with Crippen LogP contribution >= 0.6 is 11.3 Å². The van der Waals surface area contributed by atoms with E-state index in [4.69, 9.17) is 14.2 Å². The van der Waals surface area contributed by atoms with E-state index in [1.807, 2.05) is 6.92 Å². The summed E-state index contributed by atoms with van der Waals surface area (Å²) in [7, 11) is 1.27. The van der Waals surface area contributed by atoms with Gasteiger partial charge in [0.1, 0.15) is 5.75 Å². The summed E-state index contributed by atoms with van der Waals surface area (Å²) in [6.45, 7) is 5.88. The number of hydrogen-bond donors (Lipinski definition) is 1. The quantitative estimate of drug-likeness (QED) is 0.262. The second kappa shape index (κ2) is 10.9. The highest BCUT2D eigenvalue weighted by atomic mass is 32.1. The highest BCUT2D eigenvalue weighted by Crippen LogP contribution is 2.37. The lowest BCUT2D eigenvalue weighted by Gasteiger charge is -2.24. The Hall–Kier alpha value is -4.45. The average molecular weight is 540 g/mol. The third-order valence-electron chi connectivity index (χ3n) is 5.82. The molecule has 4 rings (SSSR count). The van der Waals surface area contributed by atoms with Crippen molar-refractivity contribution in [1.29, 1.82) is 0 Å². The SMILES string of the molecule is CCOC(=O)C1=C(C)N=c2s/c(=C\c3cc(OC)c(O)c([N+](=O)[O-])c3)c(=O)n2[C@H]1c1ccc(OCC)cc1. The number of nitrogens with zero attached hydrogens (tertiary/aromatic N) is 3. The minimum atomic E-state index is -0.813. The first kappa shape index (κ1) is 26.6. The summed E-state index contributed by atoms with van der Waals surface area (Å²) >= 11 is 1.07. The number of esters is 1. The number of ether oxygens (including phenoxy) is 3. The summed E-state index contributed by atoms with van der Waals surface area (Å²) in [5.41, 5.74) is 0.567. The maximum absolute atomic E-state index is 13.7. The van der Waals surface area contributed by atoms with Crippen LogP contribution < -0.4 is 24.4 Å². The number of aromatic hydroxyl groups is 1. The van der Waals surface area contributed by atoms with E-state index in [-0.39, 0.29) is 28.0 Å². The van der Waals surface area contributed by atoms with Crippen LogP contribution in [0.1, 0.15) is 37.9 Å². The van der Waals surface area contributed by atoms with Gasteiger partial charge in [-0.1, -0.05) is 23.5 Å². The van der Waals surface area contributed by atoms with Gasteiger partial charge in [0.15, 0.2) is 10.6 Å². The molecule has 0 unspecified atom stereocenters. The van der Waals surface area contributed by atoms with Gasteiger partial charge in [-0.25, -0.2) is 9.79 Å². The Morgan fingerprint density at radius 2 is 1.95 bits per heavy atom. The number of methoxy groups -OCH3 is 1. The van der Waals surface area contributed by atoms with Crippen molar-refractivity contribution in [3.63, 3.8) is 0 Å². The van der Waals surface area contributed by atoms with Crippen molar-refractivity contribution in [2.45, 2.75) is 26.8 Å². The molecule has 0 aliphatic carbocycles. The predicted octanol–water partition coefficient (Wildman–Crippen LogP) is 2.82. The summed E-state index contributed by atoms with van der Waals surface area (Å²) in [5, 5.41) is 21.5. The van der Waals surface area contributed by atoms with Crippen molar-refractivity contribution in [3.05, 3.63) is 88.6 Å². The van der Waals surface area contributed by atoms with Gasteiger partial charge in [-0.05, 0) is 56.2 Å². The number of phenols is 1. The van der Waals surface area contributed by atoms with E-state index < -0.39 is 33.9 Å². The summed E-state index contributed by atoms with van der Waals surface area (Å²) in [5.74, 6) is -0.655. The zero-order valence-corrected chi connectivity index (χ0v) is 21.9. The topological polar surface area (TPSA) is 142 Å². The van der Waals surface area contributed by atoms with E-state index in [1.165, 1.54) is 23.8 Å². The second-order valence-corrected chi connectivity index (χ2v) is 9.16. The lowest BCUT2D eigenvalue weighted by Crippen LogP contribution is -2.39. The molecule has 198 valence electrons. The summed E-state index contributed by atoms with van der Waals surface area (Å²) in [6, 6.07) is 8.79. The summed E-state index contributed by atoms with van der Waals surface area (Å²) < 4.78 is 17.5. The van der Waals surface area contributed by atoms with E-state index in [0.29, 0.717) is 28.4 Å². The Morgan fingerprint density at radius 1 is 1.24 bits per heavy atom. The first-order valence-electron chi connectivity index (χ1n) is 11.7. The second-order valence-electron chi connectivity index (χ2n) is 8.15. The Balaban J connectivity index is 1.94. The molecule has 0 saturated heterocycles. The summed E-state index contributed by atoms with van der Waals surface area (Å²) in [4.78, 5) is 42.3. The first-order valence-corrected chi connectivity index (χ1v) is 12.5. The normalized spacial score (nSPS) is 15.1. The van der Waals surface area contributed by atoms with Gasteiger partial charge in [-0.3, -0.25) is 19.5 Å². The minimum absolute atomic E-state index is 0.106. The number of fused-ring (bicyclic) bond motifs is 1. The molecule has 0 saturated carbocycles. The number of hydrogen-bond acceptors (Lipinski definition) is 10. The van der Waals surface area contributed by atoms with Gasteiger partial charge in [-0.2, -0.15) is 0 Å². The van der Waals surface area contributed by atoms with Crippen molar-refractivity contribution in [2.24, 2.45) is 4.99 Å². The highest BCUT2D eigenvalue weighted by Gasteiger charge is 2.33. The zero-order chi connectivity index (χ0) is 27.6. The van der Waals surface area contributed by atoms with Crippen molar-refractivity contribution in [3.8, 4) is 17.2 Å². The van der Waals surface area contributed by atoms with E-state index in [1.54, 1.807) is 38.1 Å². The van der Waals surface area contributed by atoms with Crippen LogP contribution in [0.4, 0.5) is 5.69 Å². The number of phenolic OH excluding ortho intramolecular Hbond substituents is 1. The molecule has 1 aromatic heterocycles. The predicted molar refractivity (Wildman–Crippen MR) is 139 cm³/mol. The average Bonchev–Trinajstić information content (AvgIpc) is 3.18. The van der Waals surface area contributed by atoms with Gasteiger partial charge in [0.2, 0.25) is 5.75 Å². The Bertz CT molecular complexity index is 1620. The van der Waals surface area contributed by atoms with Crippen LogP contribution in [0.3, 0.4) is 0 Å². The van der Waals surface area contributed by atoms with Gasteiger partial charge in [0.05, 0.1) is 47.1 Å². The third kappa shape index (κ3) is 4.90. The molecular formula is C26H25N3O8S. The van der Waals surface area contributed by atoms with E-state index in [0.717, 1.165) is 17.4 Å². The van der Waals surface area contributed by atoms with Gasteiger partial charge in [0.25, 0.3) is 5.56 Å². The molecule has 0 bridgehead atoms. The van der Waals surface area contributed by atoms with Crippen LogP contribution in [-0.4, -0.2) is 40.9 Å². The molecule has 0 radical (unpaired) electrons. The fourth-order valence-corrected chi connectivity index (χ4v) is 5.21. The standard InChI is InChI=1S/C26H25N3O8S/c1-5-36-17-9-7-16(8-10-17)22-21(25(32)37-6-2)14(3)27-26-28(22)24(31)20(38-26)13-15-11-18(29(33)34)23(30)19(12-15)35-4/h7-13,22,30H,5-6H2,1-4H3/b20-13-/t22-/m0/s1. The number of carbonyl (C=O) groups excluding carboxylic acids is 1. The van der Waals surface area contributed by atoms with Crippen molar-refractivity contribution < 1.29 is 29.0 Å². The van der Waals surface area contributed by atoms with Crippen LogP contribution in [-0.2, 0) is 9.53 Å². The van der Waals surface area contributed by atoms with E-state index in [2.05, 4.69) is 4.99 Å². The van der Waals surface area contributed by atoms with Gasteiger partial charge in [-0.15, -0.1) is 0 Å². The number of allylic oxidation sites excluding steroid dienone is 1. The largest absolute Gasteiger partial charge is 0.500 e. The van der Waals surface area contributed by atoms with Crippen LogP contribution in [0.15, 0.2) is 57.5 Å². The smallest absolute Gasteiger partial charge is 0.338 e. The zero-order valence-electron chi connectivity index (χ0n) is 21.1. The lowest BCUT2D eigenvalue weighted by molar-refractivity contribution is -0.386. The Morgan fingerprint density at radius 3 is 2.55 bits per heavy atom. The fourth-order valence-electron chi connectivity index (χ4n) is 4.16. The van der Waals surface area contributed by atoms with E-state index >= 15 is 0 Å². The highest BCUT2D eigenvalue weighted by molar-refractivity contribution is 7.07. The first-order chi connectivity index (χ1) is 18.2. The van der Waals surface area contributed by atoms with Crippen molar-refractivity contribution in [1.82, 2.24) is 4.57 Å². The van der Waals surface area contributed by atoms with Crippen LogP contribution in [0.5, 0.6) is 17.2 Å². The molecule has 3 aromatic rings. The number of thiazole rings is 1. The molecule has 12 heteroatoms. The van der Waals surface area contributed by atoms with Gasteiger partial charge >= 0.3 is 11.7 Å². The number of aromatic nitrogens is 1. The monoisotopic (exact) mass is 539 g/mol. The molecule has 0 fully saturated rings. The molecule has 1 aliphatic rings. The minimum Gasteiger partial charge on any atom is -0.500 e. The Kier molecular flexibility index (Phi) is 7.62. The molecule has 2 heterocycles. The van der Waals surface area contributed by atoms with Gasteiger partial charge in [0, 0.05) is 6.07 Å². The third-order valence-corrected chi connectivity index (χ3v) is 6.80. The van der Waals surface area contributed by atoms with Crippen LogP contribution in [0.25, 0.3) is 6.08 Å². The summed E-state index contributed by atoms with van der Waals surface area (Å²) in [6.07, 6.45) is 1.46. The molecule has 1 N–H and O–H groups in total. The number of benzene rings is 2.